The van der Waals surface area contributed by atoms with Crippen molar-refractivity contribution >= 4 is 19.3 Å². The fourth-order valence-corrected chi connectivity index (χ4v) is 2.22. The van der Waals surface area contributed by atoms with Crippen LogP contribution in [-0.2, 0) is 16.0 Å². The monoisotopic (exact) mass is 245 g/mol. The summed E-state index contributed by atoms with van der Waals surface area (Å²) in [5.41, 5.74) is 2.50. The summed E-state index contributed by atoms with van der Waals surface area (Å²) in [5, 5.41) is 3.15. The number of fused-ring (bicyclic) bond motifs is 1. The van der Waals surface area contributed by atoms with E-state index in [1.807, 2.05) is 6.07 Å². The van der Waals surface area contributed by atoms with Gasteiger partial charge in [-0.2, -0.15) is 0 Å². The van der Waals surface area contributed by atoms with E-state index in [1.54, 1.807) is 20.1 Å². The fourth-order valence-electron chi connectivity index (χ4n) is 2.22. The molecule has 1 aliphatic rings. The number of carbonyl (C=O) groups excluding carboxylic acids is 1. The zero-order chi connectivity index (χ0) is 13.1. The van der Waals surface area contributed by atoms with E-state index in [-0.39, 0.29) is 5.97 Å². The van der Waals surface area contributed by atoms with Crippen molar-refractivity contribution < 1.29 is 14.3 Å². The summed E-state index contributed by atoms with van der Waals surface area (Å²) in [4.78, 5) is 11.9. The number of carbonyl (C=O) groups is 1. The molecule has 1 aromatic rings. The highest BCUT2D eigenvalue weighted by molar-refractivity contribution is 6.34. The van der Waals surface area contributed by atoms with Gasteiger partial charge in [-0.1, -0.05) is 11.5 Å². The van der Waals surface area contributed by atoms with Crippen LogP contribution in [0, 0.1) is 0 Å². The molecule has 4 nitrogen and oxygen atoms in total. The van der Waals surface area contributed by atoms with Crippen LogP contribution in [0.3, 0.4) is 0 Å². The highest BCUT2D eigenvalue weighted by Gasteiger charge is 2.27. The number of hydrogen-bond donors (Lipinski definition) is 1. The van der Waals surface area contributed by atoms with E-state index in [0.717, 1.165) is 24.1 Å². The summed E-state index contributed by atoms with van der Waals surface area (Å²) >= 11 is 0. The molecule has 2 rings (SSSR count). The lowest BCUT2D eigenvalue weighted by molar-refractivity contribution is -0.146. The third-order valence-electron chi connectivity index (χ3n) is 3.07. The van der Waals surface area contributed by atoms with Crippen molar-refractivity contribution in [2.75, 3.05) is 20.3 Å². The summed E-state index contributed by atoms with van der Waals surface area (Å²) in [6.45, 7) is 2.91. The van der Waals surface area contributed by atoms with Gasteiger partial charge < -0.3 is 14.8 Å². The molecule has 0 amide bonds. The highest BCUT2D eigenvalue weighted by atomic mass is 16.5. The second kappa shape index (κ2) is 5.44. The molecule has 1 N–H and O–H groups in total. The molecule has 0 saturated heterocycles. The Labute approximate surface area is 108 Å². The number of methoxy groups -OCH3 is 1. The van der Waals surface area contributed by atoms with Crippen LogP contribution in [0.4, 0.5) is 0 Å². The Bertz CT molecular complexity index is 462. The number of hydrogen-bond acceptors (Lipinski definition) is 4. The Morgan fingerprint density at radius 1 is 1.56 bits per heavy atom. The van der Waals surface area contributed by atoms with Gasteiger partial charge >= 0.3 is 5.97 Å². The van der Waals surface area contributed by atoms with Gasteiger partial charge in [0.15, 0.2) is 0 Å². The van der Waals surface area contributed by atoms with Crippen LogP contribution < -0.4 is 15.5 Å². The van der Waals surface area contributed by atoms with Crippen molar-refractivity contribution in [3.8, 4) is 5.75 Å². The predicted octanol–water partition coefficient (Wildman–Crippen LogP) is 0.239. The number of benzene rings is 1. The summed E-state index contributed by atoms with van der Waals surface area (Å²) in [6, 6.07) is 3.27. The van der Waals surface area contributed by atoms with Crippen molar-refractivity contribution in [2.24, 2.45) is 0 Å². The number of esters is 1. The Balaban J connectivity index is 2.37. The van der Waals surface area contributed by atoms with Crippen LogP contribution in [0.1, 0.15) is 24.1 Å². The maximum atomic E-state index is 11.9. The molecule has 0 spiro atoms. The Hall–Kier alpha value is -1.49. The summed E-state index contributed by atoms with van der Waals surface area (Å²) in [7, 11) is 7.47. The third-order valence-corrected chi connectivity index (χ3v) is 3.07. The normalized spacial score (nSPS) is 18.0. The van der Waals surface area contributed by atoms with Crippen molar-refractivity contribution in [2.45, 2.75) is 19.4 Å². The molecule has 0 fully saturated rings. The summed E-state index contributed by atoms with van der Waals surface area (Å²) < 4.78 is 10.3. The molecule has 0 aromatic heterocycles. The predicted molar refractivity (Wildman–Crippen MR) is 69.5 cm³/mol. The third kappa shape index (κ3) is 2.36. The maximum Gasteiger partial charge on any atom is 0.327 e. The van der Waals surface area contributed by atoms with Gasteiger partial charge in [-0.05, 0) is 30.5 Å². The first-order valence-electron chi connectivity index (χ1n) is 6.03. The zero-order valence-electron chi connectivity index (χ0n) is 10.7. The van der Waals surface area contributed by atoms with Gasteiger partial charge in [0.05, 0.1) is 13.7 Å². The van der Waals surface area contributed by atoms with Gasteiger partial charge in [0, 0.05) is 6.54 Å². The van der Waals surface area contributed by atoms with Crippen molar-refractivity contribution in [3.05, 3.63) is 23.3 Å². The molecule has 5 heteroatoms. The molecule has 0 bridgehead atoms. The minimum absolute atomic E-state index is 0.261. The van der Waals surface area contributed by atoms with Crippen molar-refractivity contribution in [1.82, 2.24) is 5.32 Å². The topological polar surface area (TPSA) is 47.6 Å². The number of ether oxygens (including phenoxy) is 2. The summed E-state index contributed by atoms with van der Waals surface area (Å²) in [6.07, 6.45) is 0.849. The first-order chi connectivity index (χ1) is 8.67. The molecule has 1 heterocycles. The quantitative estimate of drug-likeness (QED) is 0.612. The number of nitrogens with one attached hydrogen (secondary N) is 1. The highest BCUT2D eigenvalue weighted by Crippen LogP contribution is 2.26. The Kier molecular flexibility index (Phi) is 3.92. The number of rotatable bonds is 3. The van der Waals surface area contributed by atoms with Gasteiger partial charge in [0.25, 0.3) is 0 Å². The minimum atomic E-state index is -0.429. The van der Waals surface area contributed by atoms with Crippen LogP contribution >= 0.6 is 0 Å². The minimum Gasteiger partial charge on any atom is -0.497 e. The first-order valence-corrected chi connectivity index (χ1v) is 6.03. The molecular weight excluding hydrogens is 229 g/mol. The Morgan fingerprint density at radius 3 is 3.00 bits per heavy atom. The second-order valence-electron chi connectivity index (χ2n) is 4.18. The maximum absolute atomic E-state index is 11.9. The van der Waals surface area contributed by atoms with Gasteiger partial charge in [-0.15, -0.1) is 0 Å². The van der Waals surface area contributed by atoms with Gasteiger partial charge in [-0.3, -0.25) is 0 Å². The van der Waals surface area contributed by atoms with Crippen LogP contribution in [0.2, 0.25) is 0 Å². The molecular formula is C13H16BNO3. The van der Waals surface area contributed by atoms with E-state index in [1.165, 1.54) is 0 Å². The lowest BCUT2D eigenvalue weighted by atomic mass is 9.85. The summed E-state index contributed by atoms with van der Waals surface area (Å²) in [5.74, 6) is 0.390. The van der Waals surface area contributed by atoms with Crippen LogP contribution in [0.5, 0.6) is 5.75 Å². The SMILES string of the molecule is [B]c1cc2c(cc1OC)CCNC2C(=O)OCC. The van der Waals surface area contributed by atoms with Crippen LogP contribution in [-0.4, -0.2) is 34.1 Å². The lowest BCUT2D eigenvalue weighted by Gasteiger charge is -2.26. The van der Waals surface area contributed by atoms with E-state index < -0.39 is 6.04 Å². The Morgan fingerprint density at radius 2 is 2.33 bits per heavy atom. The second-order valence-corrected chi connectivity index (χ2v) is 4.18. The van der Waals surface area contributed by atoms with Gasteiger partial charge in [0.2, 0.25) is 0 Å². The van der Waals surface area contributed by atoms with Gasteiger partial charge in [0.1, 0.15) is 19.6 Å². The van der Waals surface area contributed by atoms with E-state index in [9.17, 15) is 4.79 Å². The van der Waals surface area contributed by atoms with E-state index in [2.05, 4.69) is 5.32 Å². The first kappa shape index (κ1) is 13.0. The smallest absolute Gasteiger partial charge is 0.327 e. The molecule has 1 aliphatic heterocycles. The van der Waals surface area contributed by atoms with E-state index >= 15 is 0 Å². The molecule has 0 saturated carbocycles. The van der Waals surface area contributed by atoms with E-state index in [0.29, 0.717) is 17.8 Å². The van der Waals surface area contributed by atoms with Crippen molar-refractivity contribution in [3.63, 3.8) is 0 Å². The van der Waals surface area contributed by atoms with Gasteiger partial charge in [-0.25, -0.2) is 4.79 Å². The molecule has 1 aromatic carbocycles. The average Bonchev–Trinajstić information content (AvgIpc) is 2.37. The largest absolute Gasteiger partial charge is 0.497 e. The molecule has 0 aliphatic carbocycles. The fraction of sp³-hybridized carbons (Fsp3) is 0.462. The molecule has 1 unspecified atom stereocenters. The van der Waals surface area contributed by atoms with Crippen LogP contribution in [0.15, 0.2) is 12.1 Å². The molecule has 2 radical (unpaired) electrons. The van der Waals surface area contributed by atoms with Crippen molar-refractivity contribution in [1.29, 1.82) is 0 Å². The molecule has 94 valence electrons. The standard InChI is InChI=1S/C13H16BNO3/c1-3-18-13(16)12-9-7-10(14)11(17-2)6-8(9)4-5-15-12/h6-7,12,15H,3-5H2,1-2H3. The molecule has 18 heavy (non-hydrogen) atoms. The average molecular weight is 245 g/mol. The zero-order valence-corrected chi connectivity index (χ0v) is 10.7. The molecule has 1 atom stereocenters. The van der Waals surface area contributed by atoms with E-state index in [4.69, 9.17) is 17.3 Å². The van der Waals surface area contributed by atoms with Crippen LogP contribution in [0.25, 0.3) is 0 Å². The lowest BCUT2D eigenvalue weighted by Crippen LogP contribution is -2.37.